The first-order chi connectivity index (χ1) is 12.6. The van der Waals surface area contributed by atoms with Crippen LogP contribution in [-0.2, 0) is 14.3 Å². The molecule has 1 aromatic carbocycles. The molecular weight excluding hydrogens is 376 g/mol. The van der Waals surface area contributed by atoms with Crippen molar-refractivity contribution in [1.82, 2.24) is 9.88 Å². The van der Waals surface area contributed by atoms with Crippen molar-refractivity contribution in [3.05, 3.63) is 53.2 Å². The van der Waals surface area contributed by atoms with Crippen LogP contribution in [0.3, 0.4) is 0 Å². The first-order valence-electron chi connectivity index (χ1n) is 8.04. The number of pyridine rings is 1. The lowest BCUT2D eigenvalue weighted by molar-refractivity contribution is -0.138. The summed E-state index contributed by atoms with van der Waals surface area (Å²) in [6.07, 6.45) is 1.61. The van der Waals surface area contributed by atoms with E-state index in [4.69, 9.17) is 21.1 Å². The minimum atomic E-state index is -0.573. The monoisotopic (exact) mass is 392 g/mol. The fourth-order valence-corrected chi connectivity index (χ4v) is 3.35. The standard InChI is InChI=1S/C18H17ClN2O4S/c19-13-3-5-14(6-4-13)26-17-15(2-1-7-20-17)18(23)25-12-16(22)21-8-10-24-11-9-21/h1-7H,8-12H2. The van der Waals surface area contributed by atoms with Gasteiger partial charge in [-0.1, -0.05) is 23.4 Å². The molecule has 0 radical (unpaired) electrons. The molecule has 1 aromatic heterocycles. The number of esters is 1. The van der Waals surface area contributed by atoms with E-state index < -0.39 is 5.97 Å². The molecule has 1 fully saturated rings. The molecule has 2 heterocycles. The Morgan fingerprint density at radius 2 is 1.92 bits per heavy atom. The molecule has 0 atom stereocenters. The van der Waals surface area contributed by atoms with Crippen LogP contribution >= 0.6 is 23.4 Å². The normalized spacial score (nSPS) is 14.1. The van der Waals surface area contributed by atoms with Crippen molar-refractivity contribution in [1.29, 1.82) is 0 Å². The van der Waals surface area contributed by atoms with Gasteiger partial charge in [-0.25, -0.2) is 9.78 Å². The fraction of sp³-hybridized carbons (Fsp3) is 0.278. The molecule has 1 saturated heterocycles. The number of rotatable bonds is 5. The number of halogens is 1. The van der Waals surface area contributed by atoms with Gasteiger partial charge in [-0.15, -0.1) is 0 Å². The maximum absolute atomic E-state index is 12.4. The van der Waals surface area contributed by atoms with Crippen LogP contribution in [0.25, 0.3) is 0 Å². The summed E-state index contributed by atoms with van der Waals surface area (Å²) in [5.74, 6) is -0.798. The van der Waals surface area contributed by atoms with E-state index in [1.807, 2.05) is 12.1 Å². The summed E-state index contributed by atoms with van der Waals surface area (Å²) in [7, 11) is 0. The fourth-order valence-electron chi connectivity index (χ4n) is 2.35. The molecule has 3 rings (SSSR count). The van der Waals surface area contributed by atoms with E-state index in [0.29, 0.717) is 41.9 Å². The van der Waals surface area contributed by atoms with Crippen LogP contribution in [-0.4, -0.2) is 54.7 Å². The van der Waals surface area contributed by atoms with Crippen molar-refractivity contribution in [3.63, 3.8) is 0 Å². The third-order valence-electron chi connectivity index (χ3n) is 3.71. The number of amides is 1. The summed E-state index contributed by atoms with van der Waals surface area (Å²) in [6.45, 7) is 1.75. The predicted molar refractivity (Wildman–Crippen MR) is 97.5 cm³/mol. The molecule has 0 bridgehead atoms. The summed E-state index contributed by atoms with van der Waals surface area (Å²) < 4.78 is 10.4. The largest absolute Gasteiger partial charge is 0.452 e. The average molecular weight is 393 g/mol. The Labute approximate surface area is 160 Å². The lowest BCUT2D eigenvalue weighted by Gasteiger charge is -2.26. The van der Waals surface area contributed by atoms with Gasteiger partial charge >= 0.3 is 5.97 Å². The average Bonchev–Trinajstić information content (AvgIpc) is 2.68. The highest BCUT2D eigenvalue weighted by Gasteiger charge is 2.20. The van der Waals surface area contributed by atoms with E-state index >= 15 is 0 Å². The maximum atomic E-state index is 12.4. The van der Waals surface area contributed by atoms with E-state index in [1.165, 1.54) is 11.8 Å². The summed E-state index contributed by atoms with van der Waals surface area (Å²) in [4.78, 5) is 31.3. The molecule has 0 spiro atoms. The van der Waals surface area contributed by atoms with Crippen molar-refractivity contribution in [2.45, 2.75) is 9.92 Å². The van der Waals surface area contributed by atoms with Gasteiger partial charge < -0.3 is 14.4 Å². The smallest absolute Gasteiger partial charge is 0.341 e. The molecular formula is C18H17ClN2O4S. The minimum absolute atomic E-state index is 0.225. The van der Waals surface area contributed by atoms with Gasteiger partial charge in [0.2, 0.25) is 0 Å². The molecule has 26 heavy (non-hydrogen) atoms. The second kappa shape index (κ2) is 9.02. The number of morpholine rings is 1. The lowest BCUT2D eigenvalue weighted by atomic mass is 10.3. The number of aromatic nitrogens is 1. The molecule has 6 nitrogen and oxygen atoms in total. The van der Waals surface area contributed by atoms with Gasteiger partial charge in [0.1, 0.15) is 5.03 Å². The minimum Gasteiger partial charge on any atom is -0.452 e. The van der Waals surface area contributed by atoms with Gasteiger partial charge in [0.25, 0.3) is 5.91 Å². The first kappa shape index (κ1) is 18.7. The Bertz CT molecular complexity index is 779. The van der Waals surface area contributed by atoms with E-state index in [1.54, 1.807) is 35.4 Å². The highest BCUT2D eigenvalue weighted by atomic mass is 35.5. The molecule has 1 amide bonds. The first-order valence-corrected chi connectivity index (χ1v) is 9.24. The quantitative estimate of drug-likeness (QED) is 0.729. The van der Waals surface area contributed by atoms with Crippen LogP contribution < -0.4 is 0 Å². The summed E-state index contributed by atoms with van der Waals surface area (Å²) >= 11 is 7.22. The maximum Gasteiger partial charge on any atom is 0.341 e. The summed E-state index contributed by atoms with van der Waals surface area (Å²) in [5, 5.41) is 1.15. The van der Waals surface area contributed by atoms with Crippen molar-refractivity contribution >= 4 is 35.2 Å². The molecule has 0 saturated carbocycles. The number of hydrogen-bond donors (Lipinski definition) is 0. The zero-order valence-corrected chi connectivity index (χ0v) is 15.5. The van der Waals surface area contributed by atoms with E-state index in [9.17, 15) is 9.59 Å². The Kier molecular flexibility index (Phi) is 6.49. The lowest BCUT2D eigenvalue weighted by Crippen LogP contribution is -2.42. The molecule has 1 aliphatic rings. The van der Waals surface area contributed by atoms with Gasteiger partial charge in [0.15, 0.2) is 6.61 Å². The number of benzene rings is 1. The van der Waals surface area contributed by atoms with Crippen LogP contribution in [0.5, 0.6) is 0 Å². The molecule has 0 N–H and O–H groups in total. The zero-order valence-electron chi connectivity index (χ0n) is 13.9. The van der Waals surface area contributed by atoms with Gasteiger partial charge in [-0.2, -0.15) is 0 Å². The zero-order chi connectivity index (χ0) is 18.4. The van der Waals surface area contributed by atoms with E-state index in [2.05, 4.69) is 4.98 Å². The summed E-state index contributed by atoms with van der Waals surface area (Å²) in [5.41, 5.74) is 0.322. The second-order valence-electron chi connectivity index (χ2n) is 5.48. The third kappa shape index (κ3) is 4.97. The number of nitrogens with zero attached hydrogens (tertiary/aromatic N) is 2. The second-order valence-corrected chi connectivity index (χ2v) is 6.98. The summed E-state index contributed by atoms with van der Waals surface area (Å²) in [6, 6.07) is 10.5. The van der Waals surface area contributed by atoms with Crippen LogP contribution in [0.2, 0.25) is 5.02 Å². The molecule has 2 aromatic rings. The van der Waals surface area contributed by atoms with Crippen LogP contribution in [0.1, 0.15) is 10.4 Å². The number of hydrogen-bond acceptors (Lipinski definition) is 6. The Balaban J connectivity index is 1.63. The highest BCUT2D eigenvalue weighted by Crippen LogP contribution is 2.29. The molecule has 1 aliphatic heterocycles. The topological polar surface area (TPSA) is 68.7 Å². The van der Waals surface area contributed by atoms with Crippen molar-refractivity contribution < 1.29 is 19.1 Å². The van der Waals surface area contributed by atoms with Crippen LogP contribution in [0.15, 0.2) is 52.5 Å². The molecule has 0 unspecified atom stereocenters. The molecule has 0 aliphatic carbocycles. The third-order valence-corrected chi connectivity index (χ3v) is 4.99. The number of carbonyl (C=O) groups excluding carboxylic acids is 2. The van der Waals surface area contributed by atoms with Crippen LogP contribution in [0.4, 0.5) is 0 Å². The molecule has 136 valence electrons. The van der Waals surface area contributed by atoms with E-state index in [-0.39, 0.29) is 12.5 Å². The number of carbonyl (C=O) groups is 2. The SMILES string of the molecule is O=C(OCC(=O)N1CCOCC1)c1cccnc1Sc1ccc(Cl)cc1. The predicted octanol–water partition coefficient (Wildman–Crippen LogP) is 2.90. The van der Waals surface area contributed by atoms with Crippen molar-refractivity contribution in [2.75, 3.05) is 32.9 Å². The number of ether oxygens (including phenoxy) is 2. The van der Waals surface area contributed by atoms with E-state index in [0.717, 1.165) is 4.90 Å². The van der Waals surface area contributed by atoms with Crippen molar-refractivity contribution in [2.24, 2.45) is 0 Å². The van der Waals surface area contributed by atoms with Gasteiger partial charge in [-0.05, 0) is 36.4 Å². The Morgan fingerprint density at radius 3 is 2.65 bits per heavy atom. The highest BCUT2D eigenvalue weighted by molar-refractivity contribution is 7.99. The van der Waals surface area contributed by atoms with Crippen LogP contribution in [0, 0.1) is 0 Å². The van der Waals surface area contributed by atoms with Gasteiger partial charge in [0, 0.05) is 29.2 Å². The Morgan fingerprint density at radius 1 is 1.19 bits per heavy atom. The molecule has 8 heteroatoms. The van der Waals surface area contributed by atoms with Gasteiger partial charge in [0.05, 0.1) is 18.8 Å². The van der Waals surface area contributed by atoms with Gasteiger partial charge in [-0.3, -0.25) is 4.79 Å². The van der Waals surface area contributed by atoms with Crippen molar-refractivity contribution in [3.8, 4) is 0 Å². The Hall–Kier alpha value is -2.09.